The molecule has 1 heteroatoms. The van der Waals surface area contributed by atoms with Crippen LogP contribution in [0, 0.1) is 18.3 Å². The van der Waals surface area contributed by atoms with E-state index in [2.05, 4.69) is 24.3 Å². The molecule has 0 aliphatic carbocycles. The average Bonchev–Trinajstić information content (AvgIpc) is 2.54. The van der Waals surface area contributed by atoms with E-state index >= 15 is 0 Å². The Balaban J connectivity index is 2.13. The number of hydrogen-bond donors (Lipinski definition) is 0. The van der Waals surface area contributed by atoms with E-state index in [0.717, 1.165) is 11.1 Å². The number of hydrogen-bond acceptors (Lipinski definition) is 1. The van der Waals surface area contributed by atoms with Gasteiger partial charge in [0.2, 0.25) is 0 Å². The molecule has 0 aliphatic heterocycles. The lowest BCUT2D eigenvalue weighted by atomic mass is 9.99. The normalized spacial score (nSPS) is 11.3. The van der Waals surface area contributed by atoms with Gasteiger partial charge in [0.15, 0.2) is 0 Å². The molecule has 0 bridgehead atoms. The molecular weight excluding hydrogens is 254 g/mol. The molecule has 0 fully saturated rings. The molecule has 0 atom stereocenters. The third-order valence-electron chi connectivity index (χ3n) is 3.61. The van der Waals surface area contributed by atoms with E-state index in [1.54, 1.807) is 0 Å². The molecule has 0 spiro atoms. The molecule has 0 N–H and O–H groups in total. The average molecular weight is 269 g/mol. The van der Waals surface area contributed by atoms with Gasteiger partial charge < -0.3 is 0 Å². The summed E-state index contributed by atoms with van der Waals surface area (Å²) in [6, 6.07) is 24.8. The molecule has 21 heavy (non-hydrogen) atoms. The monoisotopic (exact) mass is 269 g/mol. The SMILES string of the molecule is Cc1ccc(C(C#N)=Cc2cccc3ccccc23)cc1. The van der Waals surface area contributed by atoms with Crippen LogP contribution in [0.5, 0.6) is 0 Å². The fourth-order valence-corrected chi connectivity index (χ4v) is 2.45. The fourth-order valence-electron chi connectivity index (χ4n) is 2.45. The van der Waals surface area contributed by atoms with Crippen LogP contribution < -0.4 is 0 Å². The summed E-state index contributed by atoms with van der Waals surface area (Å²) in [5, 5.41) is 11.8. The first-order valence-electron chi connectivity index (χ1n) is 6.94. The van der Waals surface area contributed by atoms with Crippen LogP contribution in [0.1, 0.15) is 16.7 Å². The lowest BCUT2D eigenvalue weighted by Crippen LogP contribution is -1.84. The number of allylic oxidation sites excluding steroid dienone is 1. The zero-order valence-electron chi connectivity index (χ0n) is 11.9. The molecular formula is C20H15N. The van der Waals surface area contributed by atoms with Gasteiger partial charge in [-0.3, -0.25) is 0 Å². The minimum absolute atomic E-state index is 0.686. The first-order valence-corrected chi connectivity index (χ1v) is 6.94. The molecule has 3 rings (SSSR count). The Hall–Kier alpha value is -2.85. The van der Waals surface area contributed by atoms with Gasteiger partial charge >= 0.3 is 0 Å². The van der Waals surface area contributed by atoms with Gasteiger partial charge in [-0.25, -0.2) is 0 Å². The molecule has 3 aromatic carbocycles. The second-order valence-corrected chi connectivity index (χ2v) is 5.10. The maximum atomic E-state index is 9.46. The number of fused-ring (bicyclic) bond motifs is 1. The summed E-state index contributed by atoms with van der Waals surface area (Å²) in [5.41, 5.74) is 3.91. The Bertz CT molecular complexity index is 844. The van der Waals surface area contributed by atoms with Gasteiger partial charge in [0.25, 0.3) is 0 Å². The number of aryl methyl sites for hydroxylation is 1. The van der Waals surface area contributed by atoms with Crippen molar-refractivity contribution in [3.63, 3.8) is 0 Å². The molecule has 0 saturated carbocycles. The molecule has 1 nitrogen and oxygen atoms in total. The van der Waals surface area contributed by atoms with E-state index in [0.29, 0.717) is 5.57 Å². The number of rotatable bonds is 2. The highest BCUT2D eigenvalue weighted by molar-refractivity contribution is 5.98. The topological polar surface area (TPSA) is 23.8 Å². The molecule has 0 radical (unpaired) electrons. The summed E-state index contributed by atoms with van der Waals surface area (Å²) in [6.07, 6.45) is 1.97. The van der Waals surface area contributed by atoms with E-state index in [1.165, 1.54) is 16.3 Å². The van der Waals surface area contributed by atoms with Crippen LogP contribution in [-0.2, 0) is 0 Å². The quantitative estimate of drug-likeness (QED) is 0.462. The van der Waals surface area contributed by atoms with Crippen molar-refractivity contribution >= 4 is 22.4 Å². The van der Waals surface area contributed by atoms with Crippen LogP contribution in [0.2, 0.25) is 0 Å². The number of nitriles is 1. The Labute approximate surface area is 124 Å². The molecule has 100 valence electrons. The van der Waals surface area contributed by atoms with Crippen molar-refractivity contribution in [2.24, 2.45) is 0 Å². The van der Waals surface area contributed by atoms with Gasteiger partial charge in [-0.05, 0) is 34.9 Å². The van der Waals surface area contributed by atoms with Crippen LogP contribution in [-0.4, -0.2) is 0 Å². The van der Waals surface area contributed by atoms with E-state index in [9.17, 15) is 5.26 Å². The summed E-state index contributed by atoms with van der Waals surface area (Å²) >= 11 is 0. The van der Waals surface area contributed by atoms with Crippen molar-refractivity contribution in [3.8, 4) is 6.07 Å². The summed E-state index contributed by atoms with van der Waals surface area (Å²) in [4.78, 5) is 0. The molecule has 0 amide bonds. The predicted molar refractivity (Wildman–Crippen MR) is 88.6 cm³/mol. The van der Waals surface area contributed by atoms with Crippen LogP contribution in [0.4, 0.5) is 0 Å². The molecule has 0 aliphatic rings. The Morgan fingerprint density at radius 1 is 0.905 bits per heavy atom. The summed E-state index contributed by atoms with van der Waals surface area (Å²) < 4.78 is 0. The van der Waals surface area contributed by atoms with Gasteiger partial charge in [0, 0.05) is 0 Å². The highest BCUT2D eigenvalue weighted by Crippen LogP contribution is 2.24. The van der Waals surface area contributed by atoms with Crippen molar-refractivity contribution in [2.45, 2.75) is 6.92 Å². The van der Waals surface area contributed by atoms with Crippen molar-refractivity contribution in [3.05, 3.63) is 83.4 Å². The minimum Gasteiger partial charge on any atom is -0.192 e. The number of benzene rings is 3. The Kier molecular flexibility index (Phi) is 3.53. The lowest BCUT2D eigenvalue weighted by molar-refractivity contribution is 1.45. The van der Waals surface area contributed by atoms with Crippen molar-refractivity contribution in [1.29, 1.82) is 5.26 Å². The second-order valence-electron chi connectivity index (χ2n) is 5.10. The van der Waals surface area contributed by atoms with Crippen molar-refractivity contribution in [2.75, 3.05) is 0 Å². The third kappa shape index (κ3) is 2.70. The zero-order valence-corrected chi connectivity index (χ0v) is 11.9. The van der Waals surface area contributed by atoms with E-state index in [-0.39, 0.29) is 0 Å². The smallest absolute Gasteiger partial charge is 0.0998 e. The van der Waals surface area contributed by atoms with Crippen molar-refractivity contribution < 1.29 is 0 Å². The van der Waals surface area contributed by atoms with Gasteiger partial charge in [-0.2, -0.15) is 5.26 Å². The van der Waals surface area contributed by atoms with Crippen LogP contribution in [0.3, 0.4) is 0 Å². The predicted octanol–water partition coefficient (Wildman–Crippen LogP) is 5.21. The highest BCUT2D eigenvalue weighted by Gasteiger charge is 2.03. The first-order chi connectivity index (χ1) is 10.3. The standard InChI is InChI=1S/C20H15N/c1-15-9-11-16(12-10-15)19(14-21)13-18-7-4-6-17-5-2-3-8-20(17)18/h2-13H,1H3. The molecule has 0 aromatic heterocycles. The third-order valence-corrected chi connectivity index (χ3v) is 3.61. The van der Waals surface area contributed by atoms with Gasteiger partial charge in [0.1, 0.15) is 0 Å². The van der Waals surface area contributed by atoms with Crippen LogP contribution in [0.15, 0.2) is 66.7 Å². The summed E-state index contributed by atoms with van der Waals surface area (Å²) in [6.45, 7) is 2.05. The summed E-state index contributed by atoms with van der Waals surface area (Å²) in [5.74, 6) is 0. The second kappa shape index (κ2) is 5.64. The van der Waals surface area contributed by atoms with E-state index in [1.807, 2.05) is 61.5 Å². The summed E-state index contributed by atoms with van der Waals surface area (Å²) in [7, 11) is 0. The molecule has 3 aromatic rings. The zero-order chi connectivity index (χ0) is 14.7. The lowest BCUT2D eigenvalue weighted by Gasteiger charge is -2.04. The van der Waals surface area contributed by atoms with Gasteiger partial charge in [0.05, 0.1) is 11.6 Å². The van der Waals surface area contributed by atoms with Crippen LogP contribution >= 0.6 is 0 Å². The molecule has 0 heterocycles. The first kappa shape index (κ1) is 13.1. The maximum Gasteiger partial charge on any atom is 0.0998 e. The molecule has 0 saturated heterocycles. The highest BCUT2D eigenvalue weighted by atomic mass is 14.2. The Morgan fingerprint density at radius 2 is 1.62 bits per heavy atom. The number of nitrogens with zero attached hydrogens (tertiary/aromatic N) is 1. The van der Waals surface area contributed by atoms with E-state index < -0.39 is 0 Å². The molecule has 0 unspecified atom stereocenters. The minimum atomic E-state index is 0.686. The van der Waals surface area contributed by atoms with Gasteiger partial charge in [-0.15, -0.1) is 0 Å². The Morgan fingerprint density at radius 3 is 2.38 bits per heavy atom. The maximum absolute atomic E-state index is 9.46. The van der Waals surface area contributed by atoms with Crippen molar-refractivity contribution in [1.82, 2.24) is 0 Å². The fraction of sp³-hybridized carbons (Fsp3) is 0.0500. The largest absolute Gasteiger partial charge is 0.192 e. The van der Waals surface area contributed by atoms with Gasteiger partial charge in [-0.1, -0.05) is 72.3 Å². The van der Waals surface area contributed by atoms with Crippen LogP contribution in [0.25, 0.3) is 22.4 Å². The van der Waals surface area contributed by atoms with E-state index in [4.69, 9.17) is 0 Å².